The van der Waals surface area contributed by atoms with Gasteiger partial charge in [-0.1, -0.05) is 13.8 Å². The average Bonchev–Trinajstić information content (AvgIpc) is 2.59. The van der Waals surface area contributed by atoms with Crippen LogP contribution in [0, 0.1) is 5.92 Å². The third-order valence-electron chi connectivity index (χ3n) is 2.97. The van der Waals surface area contributed by atoms with E-state index in [9.17, 15) is 4.79 Å². The van der Waals surface area contributed by atoms with E-state index in [-0.39, 0.29) is 17.4 Å². The third-order valence-corrected chi connectivity index (χ3v) is 6.22. The number of rotatable bonds is 4. The van der Waals surface area contributed by atoms with Gasteiger partial charge in [0.2, 0.25) is 0 Å². The number of halogens is 2. The molecule has 0 radical (unpaired) electrons. The van der Waals surface area contributed by atoms with E-state index in [1.165, 1.54) is 11.3 Å². The Balaban J connectivity index is 2.85. The highest BCUT2D eigenvalue weighted by molar-refractivity contribution is 9.13. The molecular weight excluding hydrogens is 368 g/mol. The summed E-state index contributed by atoms with van der Waals surface area (Å²) in [6.45, 7) is 6.48. The third kappa shape index (κ3) is 3.53. The van der Waals surface area contributed by atoms with Gasteiger partial charge in [-0.3, -0.25) is 4.79 Å². The van der Waals surface area contributed by atoms with E-state index in [0.717, 1.165) is 8.26 Å². The van der Waals surface area contributed by atoms with Gasteiger partial charge in [0.05, 0.1) is 14.2 Å². The molecule has 3 N–H and O–H groups in total. The van der Waals surface area contributed by atoms with Crippen LogP contribution >= 0.6 is 43.2 Å². The van der Waals surface area contributed by atoms with E-state index in [1.54, 1.807) is 6.07 Å². The molecule has 0 aliphatic carbocycles. The van der Waals surface area contributed by atoms with Gasteiger partial charge in [0.25, 0.3) is 5.91 Å². The van der Waals surface area contributed by atoms with E-state index in [4.69, 9.17) is 5.73 Å². The molecule has 6 heteroatoms. The quantitative estimate of drug-likeness (QED) is 0.837. The molecule has 0 saturated carbocycles. The molecule has 1 rings (SSSR count). The topological polar surface area (TPSA) is 55.1 Å². The fraction of sp³-hybridized carbons (Fsp3) is 0.545. The van der Waals surface area contributed by atoms with Crippen LogP contribution in [0.5, 0.6) is 0 Å². The lowest BCUT2D eigenvalue weighted by Gasteiger charge is -2.33. The first-order valence-electron chi connectivity index (χ1n) is 5.27. The number of nitrogens with two attached hydrogens (primary N) is 1. The van der Waals surface area contributed by atoms with E-state index in [1.807, 2.05) is 20.8 Å². The van der Waals surface area contributed by atoms with Crippen LogP contribution in [-0.2, 0) is 0 Å². The van der Waals surface area contributed by atoms with Crippen molar-refractivity contribution in [3.05, 3.63) is 19.2 Å². The van der Waals surface area contributed by atoms with Crippen LogP contribution in [-0.4, -0.2) is 18.0 Å². The smallest absolute Gasteiger partial charge is 0.261 e. The molecule has 0 bridgehead atoms. The van der Waals surface area contributed by atoms with Crippen molar-refractivity contribution in [2.45, 2.75) is 26.3 Å². The number of hydrogen-bond donors (Lipinski definition) is 2. The molecule has 3 nitrogen and oxygen atoms in total. The largest absolute Gasteiger partial charge is 0.345 e. The van der Waals surface area contributed by atoms with Crippen LogP contribution < -0.4 is 11.1 Å². The van der Waals surface area contributed by atoms with Crippen molar-refractivity contribution < 1.29 is 4.79 Å². The van der Waals surface area contributed by atoms with Crippen molar-refractivity contribution in [2.75, 3.05) is 6.54 Å². The first-order valence-corrected chi connectivity index (χ1v) is 7.68. The van der Waals surface area contributed by atoms with Gasteiger partial charge >= 0.3 is 0 Å². The summed E-state index contributed by atoms with van der Waals surface area (Å²) >= 11 is 8.15. The van der Waals surface area contributed by atoms with E-state index < -0.39 is 0 Å². The summed E-state index contributed by atoms with van der Waals surface area (Å²) in [5.74, 6) is 0.200. The predicted molar refractivity (Wildman–Crippen MR) is 79.5 cm³/mol. The lowest BCUT2D eigenvalue weighted by atomic mass is 9.88. The van der Waals surface area contributed by atoms with Crippen molar-refractivity contribution in [3.8, 4) is 0 Å². The van der Waals surface area contributed by atoms with E-state index >= 15 is 0 Å². The molecule has 0 fully saturated rings. The maximum atomic E-state index is 12.1. The van der Waals surface area contributed by atoms with Crippen molar-refractivity contribution in [2.24, 2.45) is 11.7 Å². The summed E-state index contributed by atoms with van der Waals surface area (Å²) in [6.07, 6.45) is 0. The van der Waals surface area contributed by atoms with Crippen LogP contribution in [0.2, 0.25) is 0 Å². The zero-order valence-corrected chi connectivity index (χ0v) is 14.0. The molecule has 1 aromatic heterocycles. The van der Waals surface area contributed by atoms with Gasteiger partial charge in [0.15, 0.2) is 0 Å². The Morgan fingerprint density at radius 3 is 2.53 bits per heavy atom. The minimum absolute atomic E-state index is 0.0805. The second-order valence-electron chi connectivity index (χ2n) is 4.46. The summed E-state index contributed by atoms with van der Waals surface area (Å²) in [7, 11) is 0. The lowest BCUT2D eigenvalue weighted by Crippen LogP contribution is -2.54. The fourth-order valence-electron chi connectivity index (χ4n) is 1.21. The highest BCUT2D eigenvalue weighted by Gasteiger charge is 2.29. The van der Waals surface area contributed by atoms with Gasteiger partial charge in [-0.25, -0.2) is 0 Å². The Labute approximate surface area is 122 Å². The Morgan fingerprint density at radius 1 is 1.59 bits per heavy atom. The summed E-state index contributed by atoms with van der Waals surface area (Å²) in [6, 6.07) is 1.81. The number of amides is 1. The molecule has 1 atom stereocenters. The summed E-state index contributed by atoms with van der Waals surface area (Å²) in [5, 5.41) is 3.00. The maximum absolute atomic E-state index is 12.1. The SMILES string of the molecule is CC(C)C(C)(CN)NC(=O)c1cc(Br)c(Br)s1. The molecule has 1 unspecified atom stereocenters. The first-order chi connectivity index (χ1) is 7.80. The standard InChI is InChI=1S/C11H16Br2N2OS/c1-6(2)11(3,5-14)15-10(16)8-4-7(12)9(13)17-8/h4,6H,5,14H2,1-3H3,(H,15,16). The fourth-order valence-corrected chi connectivity index (χ4v) is 3.14. The van der Waals surface area contributed by atoms with Crippen LogP contribution in [0.4, 0.5) is 0 Å². The van der Waals surface area contributed by atoms with Gasteiger partial charge < -0.3 is 11.1 Å². The molecule has 1 heterocycles. The molecule has 0 aliphatic rings. The lowest BCUT2D eigenvalue weighted by molar-refractivity contribution is 0.0887. The second-order valence-corrected chi connectivity index (χ2v) is 7.69. The molecular formula is C11H16Br2N2OS. The van der Waals surface area contributed by atoms with Gasteiger partial charge in [-0.05, 0) is 50.8 Å². The Kier molecular flexibility index (Phi) is 5.19. The van der Waals surface area contributed by atoms with Crippen LogP contribution in [0.3, 0.4) is 0 Å². The molecule has 1 amide bonds. The Hall–Kier alpha value is 0.0900. The maximum Gasteiger partial charge on any atom is 0.261 e. The van der Waals surface area contributed by atoms with Crippen molar-refractivity contribution in [1.29, 1.82) is 0 Å². The molecule has 96 valence electrons. The minimum atomic E-state index is -0.375. The number of nitrogens with one attached hydrogen (secondary N) is 1. The molecule has 0 saturated heterocycles. The molecule has 1 aromatic rings. The van der Waals surface area contributed by atoms with Crippen LogP contribution in [0.25, 0.3) is 0 Å². The average molecular weight is 384 g/mol. The number of carbonyl (C=O) groups excluding carboxylic acids is 1. The summed E-state index contributed by atoms with van der Waals surface area (Å²) in [5.41, 5.74) is 5.36. The highest BCUT2D eigenvalue weighted by Crippen LogP contribution is 2.32. The number of hydrogen-bond acceptors (Lipinski definition) is 3. The molecule has 0 aromatic carbocycles. The molecule has 0 spiro atoms. The normalized spacial score (nSPS) is 14.8. The number of thiophene rings is 1. The summed E-state index contributed by atoms with van der Waals surface area (Å²) < 4.78 is 1.81. The Bertz CT molecular complexity index is 400. The van der Waals surface area contributed by atoms with Crippen molar-refractivity contribution >= 4 is 49.1 Å². The minimum Gasteiger partial charge on any atom is -0.345 e. The Morgan fingerprint density at radius 2 is 2.18 bits per heavy atom. The van der Waals surface area contributed by atoms with Gasteiger partial charge in [-0.2, -0.15) is 0 Å². The highest BCUT2D eigenvalue weighted by atomic mass is 79.9. The van der Waals surface area contributed by atoms with Gasteiger partial charge in [-0.15, -0.1) is 11.3 Å². The second kappa shape index (κ2) is 5.82. The predicted octanol–water partition coefficient (Wildman–Crippen LogP) is 3.38. The van der Waals surface area contributed by atoms with E-state index in [0.29, 0.717) is 11.4 Å². The van der Waals surface area contributed by atoms with Crippen molar-refractivity contribution in [1.82, 2.24) is 5.32 Å². The summed E-state index contributed by atoms with van der Waals surface area (Å²) in [4.78, 5) is 12.8. The van der Waals surface area contributed by atoms with E-state index in [2.05, 4.69) is 37.2 Å². The number of carbonyl (C=O) groups is 1. The van der Waals surface area contributed by atoms with Gasteiger partial charge in [0, 0.05) is 11.0 Å². The monoisotopic (exact) mass is 382 g/mol. The zero-order chi connectivity index (χ0) is 13.2. The van der Waals surface area contributed by atoms with Gasteiger partial charge in [0.1, 0.15) is 0 Å². The zero-order valence-electron chi connectivity index (χ0n) is 10.0. The molecule has 0 aliphatic heterocycles. The van der Waals surface area contributed by atoms with Crippen molar-refractivity contribution in [3.63, 3.8) is 0 Å². The van der Waals surface area contributed by atoms with Crippen LogP contribution in [0.1, 0.15) is 30.4 Å². The first kappa shape index (κ1) is 15.1. The molecule has 17 heavy (non-hydrogen) atoms. The van der Waals surface area contributed by atoms with Crippen LogP contribution in [0.15, 0.2) is 14.3 Å².